The van der Waals surface area contributed by atoms with Crippen LogP contribution in [-0.2, 0) is 33.7 Å². The van der Waals surface area contributed by atoms with Crippen LogP contribution in [0.15, 0.2) is 65.7 Å². The molecule has 2 unspecified atom stereocenters. The molecule has 2 aliphatic heterocycles. The van der Waals surface area contributed by atoms with Crippen LogP contribution in [0.3, 0.4) is 0 Å². The summed E-state index contributed by atoms with van der Waals surface area (Å²) < 4.78 is 57.5. The van der Waals surface area contributed by atoms with Crippen LogP contribution in [0.2, 0.25) is 5.02 Å². The van der Waals surface area contributed by atoms with Gasteiger partial charge < -0.3 is 14.8 Å². The molecule has 3 N–H and O–H groups in total. The Bertz CT molecular complexity index is 1450. The van der Waals surface area contributed by atoms with Crippen LogP contribution in [0.25, 0.3) is 11.1 Å². The lowest BCUT2D eigenvalue weighted by molar-refractivity contribution is -0.137. The monoisotopic (exact) mass is 633 g/mol. The van der Waals surface area contributed by atoms with Crippen LogP contribution in [0.5, 0.6) is 0 Å². The number of rotatable bonds is 9. The number of carbonyl (C=O) groups excluding carboxylic acids is 2. The molecule has 2 fully saturated rings. The average molecular weight is 634 g/mol. The predicted molar refractivity (Wildman–Crippen MR) is 158 cm³/mol. The minimum atomic E-state index is -4.54. The number of hydrogen-bond acceptors (Lipinski definition) is 7. The maximum absolute atomic E-state index is 14.0. The molecule has 0 radical (unpaired) electrons. The van der Waals surface area contributed by atoms with Gasteiger partial charge >= 0.3 is 6.18 Å². The summed E-state index contributed by atoms with van der Waals surface area (Å²) >= 11 is 4.43. The lowest BCUT2D eigenvalue weighted by Gasteiger charge is -2.34. The van der Waals surface area contributed by atoms with Crippen molar-refractivity contribution in [1.29, 1.82) is 0 Å². The number of amides is 2. The molecule has 1 aromatic heterocycles. The second-order valence-electron chi connectivity index (χ2n) is 10.7. The molecule has 43 heavy (non-hydrogen) atoms. The third kappa shape index (κ3) is 8.07. The number of piperidine rings is 2. The van der Waals surface area contributed by atoms with Crippen LogP contribution in [0.1, 0.15) is 36.8 Å². The molecule has 3 aromatic rings. The van der Waals surface area contributed by atoms with E-state index >= 15 is 0 Å². The largest absolute Gasteiger partial charge is 0.593 e. The highest BCUT2D eigenvalue weighted by Crippen LogP contribution is 2.39. The predicted octanol–water partition coefficient (Wildman–Crippen LogP) is 4.84. The van der Waals surface area contributed by atoms with E-state index in [1.54, 1.807) is 41.3 Å². The first kappa shape index (κ1) is 31.3. The summed E-state index contributed by atoms with van der Waals surface area (Å²) in [5.41, 5.74) is 1.17. The Hall–Kier alpha value is -3.16. The Morgan fingerprint density at radius 1 is 1.05 bits per heavy atom. The molecule has 0 bridgehead atoms. The zero-order chi connectivity index (χ0) is 30.6. The fourth-order valence-electron chi connectivity index (χ4n) is 5.25. The Balaban J connectivity index is 1.10. The van der Waals surface area contributed by atoms with Crippen molar-refractivity contribution in [3.05, 3.63) is 76.9 Å². The molecule has 228 valence electrons. The second-order valence-corrected chi connectivity index (χ2v) is 12.4. The van der Waals surface area contributed by atoms with Gasteiger partial charge in [-0.2, -0.15) is 13.2 Å². The van der Waals surface area contributed by atoms with Crippen molar-refractivity contribution in [2.45, 2.75) is 49.3 Å². The van der Waals surface area contributed by atoms with Gasteiger partial charge in [0.1, 0.15) is 11.9 Å². The van der Waals surface area contributed by atoms with E-state index in [1.165, 1.54) is 6.20 Å². The Morgan fingerprint density at radius 3 is 2.47 bits per heavy atom. The van der Waals surface area contributed by atoms with Gasteiger partial charge in [0.15, 0.2) is 4.90 Å². The molecule has 5 rings (SSSR count). The third-order valence-electron chi connectivity index (χ3n) is 7.63. The van der Waals surface area contributed by atoms with E-state index in [1.807, 2.05) is 12.1 Å². The van der Waals surface area contributed by atoms with Crippen molar-refractivity contribution in [3.63, 3.8) is 0 Å². The molecule has 0 spiro atoms. The second kappa shape index (κ2) is 13.6. The molecule has 3 heterocycles. The molecule has 2 amide bonds. The summed E-state index contributed by atoms with van der Waals surface area (Å²) in [5.74, 6) is -0.542. The van der Waals surface area contributed by atoms with Crippen molar-refractivity contribution in [1.82, 2.24) is 20.3 Å². The van der Waals surface area contributed by atoms with E-state index in [0.717, 1.165) is 24.5 Å². The number of benzene rings is 2. The number of anilines is 1. The number of halogens is 4. The van der Waals surface area contributed by atoms with E-state index in [2.05, 4.69) is 20.3 Å². The molecular formula is C30H31ClF3N5O3S. The van der Waals surface area contributed by atoms with E-state index in [9.17, 15) is 27.3 Å². The minimum absolute atomic E-state index is 0.0470. The van der Waals surface area contributed by atoms with Crippen molar-refractivity contribution in [3.8, 4) is 11.1 Å². The van der Waals surface area contributed by atoms with E-state index in [-0.39, 0.29) is 18.1 Å². The van der Waals surface area contributed by atoms with Crippen LogP contribution < -0.4 is 20.3 Å². The van der Waals surface area contributed by atoms with Gasteiger partial charge in [0.05, 0.1) is 16.9 Å². The number of hydrogen-bond donors (Lipinski definition) is 3. The van der Waals surface area contributed by atoms with E-state index in [4.69, 9.17) is 11.6 Å². The fourth-order valence-corrected chi connectivity index (χ4v) is 6.44. The number of nitrogens with zero attached hydrogens (tertiary/aromatic N) is 2. The number of pyridine rings is 1. The van der Waals surface area contributed by atoms with Crippen molar-refractivity contribution in [2.75, 3.05) is 24.5 Å². The summed E-state index contributed by atoms with van der Waals surface area (Å²) in [6.07, 6.45) is -1.12. The molecule has 0 saturated carbocycles. The summed E-state index contributed by atoms with van der Waals surface area (Å²) in [6.45, 7) is 2.24. The van der Waals surface area contributed by atoms with Crippen LogP contribution >= 0.6 is 11.6 Å². The standard InChI is InChI=1S/C30H31ClF3N5O3S/c31-23-3-1-2-21(14-23)22-15-25(30(32,33)34)28(36-18-22)39-12-10-20(11-13-39)17-35-16-19-4-6-24(7-5-19)43(42)38-26-8-9-27(40)37-29(26)41/h1-7,14-15,18,20,26,35,38H,8-13,16-17H2,(H,37,40,41). The maximum Gasteiger partial charge on any atom is 0.419 e. The highest BCUT2D eigenvalue weighted by molar-refractivity contribution is 7.89. The summed E-state index contributed by atoms with van der Waals surface area (Å²) in [6, 6.07) is 14.3. The topological polar surface area (TPSA) is 109 Å². The summed E-state index contributed by atoms with van der Waals surface area (Å²) in [4.78, 5) is 29.7. The maximum atomic E-state index is 14.0. The summed E-state index contributed by atoms with van der Waals surface area (Å²) in [5, 5.41) is 6.09. The van der Waals surface area contributed by atoms with Crippen molar-refractivity contribution >= 4 is 40.6 Å². The van der Waals surface area contributed by atoms with Crippen LogP contribution in [-0.4, -0.2) is 47.0 Å². The van der Waals surface area contributed by atoms with Crippen LogP contribution in [0.4, 0.5) is 19.0 Å². The fraction of sp³-hybridized carbons (Fsp3) is 0.367. The van der Waals surface area contributed by atoms with Gasteiger partial charge in [-0.05, 0) is 73.2 Å². The first-order valence-electron chi connectivity index (χ1n) is 14.0. The molecule has 2 saturated heterocycles. The molecule has 2 aromatic carbocycles. The highest BCUT2D eigenvalue weighted by atomic mass is 35.5. The van der Waals surface area contributed by atoms with Gasteiger partial charge in [0.2, 0.25) is 11.8 Å². The Labute approximate surface area is 255 Å². The Morgan fingerprint density at radius 2 is 1.79 bits per heavy atom. The molecular weight excluding hydrogens is 603 g/mol. The number of imide groups is 1. The smallest absolute Gasteiger partial charge is 0.419 e. The number of nitrogens with one attached hydrogen (secondary N) is 3. The molecule has 2 aliphatic rings. The van der Waals surface area contributed by atoms with Gasteiger partial charge in [-0.25, -0.2) is 4.98 Å². The van der Waals surface area contributed by atoms with E-state index in [0.29, 0.717) is 59.6 Å². The molecule has 2 atom stereocenters. The zero-order valence-corrected chi connectivity index (χ0v) is 24.7. The zero-order valence-electron chi connectivity index (χ0n) is 23.1. The van der Waals surface area contributed by atoms with Crippen LogP contribution in [0, 0.1) is 5.92 Å². The van der Waals surface area contributed by atoms with Gasteiger partial charge in [-0.1, -0.05) is 35.9 Å². The first-order valence-corrected chi connectivity index (χ1v) is 15.5. The van der Waals surface area contributed by atoms with E-state index < -0.39 is 35.1 Å². The van der Waals surface area contributed by atoms with Gasteiger partial charge in [-0.15, -0.1) is 4.72 Å². The summed E-state index contributed by atoms with van der Waals surface area (Å²) in [7, 11) is 0. The Kier molecular flexibility index (Phi) is 9.92. The average Bonchev–Trinajstić information content (AvgIpc) is 2.98. The quantitative estimate of drug-likeness (QED) is 0.228. The normalized spacial score (nSPS) is 18.9. The SMILES string of the molecule is O=C1CCC(N[S+]([O-])c2ccc(CNCC3CCN(c4ncc(-c5cccc(Cl)c5)cc4C(F)(F)F)CC3)cc2)C(=O)N1. The van der Waals surface area contributed by atoms with Gasteiger partial charge in [0, 0.05) is 42.8 Å². The van der Waals surface area contributed by atoms with Crippen molar-refractivity contribution < 1.29 is 27.3 Å². The lowest BCUT2D eigenvalue weighted by atomic mass is 9.96. The number of carbonyl (C=O) groups is 2. The molecule has 13 heteroatoms. The lowest BCUT2D eigenvalue weighted by Crippen LogP contribution is -2.52. The highest BCUT2D eigenvalue weighted by Gasteiger charge is 2.37. The van der Waals surface area contributed by atoms with Crippen molar-refractivity contribution in [2.24, 2.45) is 5.92 Å². The van der Waals surface area contributed by atoms with Gasteiger partial charge in [0.25, 0.3) is 0 Å². The third-order valence-corrected chi connectivity index (χ3v) is 9.07. The number of aromatic nitrogens is 1. The first-order chi connectivity index (χ1) is 20.6. The molecule has 0 aliphatic carbocycles. The van der Waals surface area contributed by atoms with Gasteiger partial charge in [-0.3, -0.25) is 14.9 Å². The minimum Gasteiger partial charge on any atom is -0.593 e. The molecule has 8 nitrogen and oxygen atoms in total. The number of alkyl halides is 3.